The molecule has 0 saturated heterocycles. The van der Waals surface area contributed by atoms with Crippen molar-refractivity contribution in [1.29, 1.82) is 0 Å². The number of esters is 1. The van der Waals surface area contributed by atoms with Crippen LogP contribution in [0.4, 0.5) is 0 Å². The summed E-state index contributed by atoms with van der Waals surface area (Å²) >= 11 is 0. The van der Waals surface area contributed by atoms with Gasteiger partial charge in [-0.2, -0.15) is 5.10 Å². The molecule has 0 amide bonds. The van der Waals surface area contributed by atoms with Gasteiger partial charge in [-0.15, -0.1) is 0 Å². The molecule has 0 saturated carbocycles. The van der Waals surface area contributed by atoms with Gasteiger partial charge in [-0.1, -0.05) is 112 Å². The summed E-state index contributed by atoms with van der Waals surface area (Å²) in [4.78, 5) is 25.3. The van der Waals surface area contributed by atoms with Crippen molar-refractivity contribution in [3.05, 3.63) is 141 Å². The first-order valence-corrected chi connectivity index (χ1v) is 16.4. The predicted octanol–water partition coefficient (Wildman–Crippen LogP) is 7.55. The summed E-state index contributed by atoms with van der Waals surface area (Å²) in [5.41, 5.74) is 7.49. The lowest BCUT2D eigenvalue weighted by Crippen LogP contribution is -2.25. The van der Waals surface area contributed by atoms with Gasteiger partial charge in [-0.05, 0) is 64.6 Å². The van der Waals surface area contributed by atoms with E-state index in [1.54, 1.807) is 9.25 Å². The summed E-state index contributed by atoms with van der Waals surface area (Å²) in [6.07, 6.45) is 2.57. The molecule has 5 aromatic rings. The molecule has 47 heavy (non-hydrogen) atoms. The van der Waals surface area contributed by atoms with Crippen molar-refractivity contribution >= 4 is 5.97 Å². The van der Waals surface area contributed by atoms with E-state index in [0.29, 0.717) is 31.9 Å². The van der Waals surface area contributed by atoms with Crippen LogP contribution in [0.25, 0.3) is 11.1 Å². The van der Waals surface area contributed by atoms with Gasteiger partial charge in [0.1, 0.15) is 18.2 Å². The Hall–Kier alpha value is -4.91. The molecule has 1 heterocycles. The quantitative estimate of drug-likeness (QED) is 0.126. The molecule has 7 nitrogen and oxygen atoms in total. The predicted molar refractivity (Wildman–Crippen MR) is 187 cm³/mol. The maximum absolute atomic E-state index is 13.2. The van der Waals surface area contributed by atoms with Crippen LogP contribution in [0.1, 0.15) is 67.8 Å². The maximum atomic E-state index is 13.2. The Morgan fingerprint density at radius 1 is 0.809 bits per heavy atom. The zero-order chi connectivity index (χ0) is 33.4. The van der Waals surface area contributed by atoms with E-state index in [1.165, 1.54) is 18.2 Å². The lowest BCUT2D eigenvalue weighted by Gasteiger charge is -2.19. The number of aromatic nitrogens is 3. The Morgan fingerprint density at radius 3 is 2.23 bits per heavy atom. The molecule has 7 heteroatoms. The fourth-order valence-corrected chi connectivity index (χ4v) is 5.71. The van der Waals surface area contributed by atoms with Gasteiger partial charge in [0.15, 0.2) is 0 Å². The van der Waals surface area contributed by atoms with Crippen molar-refractivity contribution in [1.82, 2.24) is 14.3 Å². The Kier molecular flexibility index (Phi) is 10.8. The summed E-state index contributed by atoms with van der Waals surface area (Å²) in [6.45, 7) is 10.0. The highest BCUT2D eigenvalue weighted by atomic mass is 16.5. The van der Waals surface area contributed by atoms with Gasteiger partial charge in [-0.25, -0.2) is 9.48 Å². The summed E-state index contributed by atoms with van der Waals surface area (Å²) in [5.74, 6) is 1.18. The summed E-state index contributed by atoms with van der Waals surface area (Å²) in [6, 6.07) is 32.9. The second-order valence-corrected chi connectivity index (χ2v) is 13.0. The zero-order valence-electron chi connectivity index (χ0n) is 28.2. The average Bonchev–Trinajstić information content (AvgIpc) is 3.37. The molecule has 0 N–H and O–H groups in total. The van der Waals surface area contributed by atoms with E-state index in [-0.39, 0.29) is 23.5 Å². The minimum absolute atomic E-state index is 0.0645. The summed E-state index contributed by atoms with van der Waals surface area (Å²) in [7, 11) is 1.40. The van der Waals surface area contributed by atoms with Crippen LogP contribution >= 0.6 is 0 Å². The van der Waals surface area contributed by atoms with E-state index in [0.717, 1.165) is 46.5 Å². The maximum Gasteiger partial charge on any atom is 0.346 e. The van der Waals surface area contributed by atoms with Crippen molar-refractivity contribution in [3.63, 3.8) is 0 Å². The van der Waals surface area contributed by atoms with Crippen LogP contribution < -0.4 is 10.4 Å². The van der Waals surface area contributed by atoms with E-state index in [1.807, 2.05) is 55.5 Å². The second kappa shape index (κ2) is 15.1. The van der Waals surface area contributed by atoms with Gasteiger partial charge in [-0.3, -0.25) is 9.36 Å². The van der Waals surface area contributed by atoms with Crippen molar-refractivity contribution < 1.29 is 14.3 Å². The van der Waals surface area contributed by atoms with Crippen LogP contribution in [0.2, 0.25) is 0 Å². The Balaban J connectivity index is 1.27. The monoisotopic (exact) mass is 631 g/mol. The fraction of sp³-hybridized carbons (Fsp3) is 0.325. The molecule has 0 atom stereocenters. The van der Waals surface area contributed by atoms with E-state index < -0.39 is 0 Å². The smallest absolute Gasteiger partial charge is 0.346 e. The lowest BCUT2D eigenvalue weighted by molar-refractivity contribution is -0.139. The molecule has 1 aromatic heterocycles. The topological polar surface area (TPSA) is 75.3 Å². The Bertz CT molecular complexity index is 1850. The highest BCUT2D eigenvalue weighted by Crippen LogP contribution is 2.30. The van der Waals surface area contributed by atoms with Crippen molar-refractivity contribution in [2.24, 2.45) is 0 Å². The van der Waals surface area contributed by atoms with Gasteiger partial charge < -0.3 is 9.47 Å². The zero-order valence-corrected chi connectivity index (χ0v) is 28.2. The number of nitrogens with zero attached hydrogens (tertiary/aromatic N) is 3. The molecular weight excluding hydrogens is 586 g/mol. The molecular formula is C40H45N3O4. The number of carbonyl (C=O) groups excluding carboxylic acids is 1. The van der Waals surface area contributed by atoms with Gasteiger partial charge in [0.05, 0.1) is 20.1 Å². The minimum Gasteiger partial charge on any atom is -0.489 e. The molecule has 0 aliphatic carbocycles. The Morgan fingerprint density at radius 2 is 1.53 bits per heavy atom. The molecule has 244 valence electrons. The number of hydrogen-bond acceptors (Lipinski definition) is 5. The number of methoxy groups -OCH3 is 1. The summed E-state index contributed by atoms with van der Waals surface area (Å²) in [5, 5.41) is 4.75. The first-order valence-electron chi connectivity index (χ1n) is 16.4. The molecule has 0 bridgehead atoms. The molecule has 4 aromatic carbocycles. The molecule has 0 unspecified atom stereocenters. The average molecular weight is 632 g/mol. The molecule has 0 aliphatic rings. The van der Waals surface area contributed by atoms with Crippen LogP contribution in [0.15, 0.2) is 102 Å². The van der Waals surface area contributed by atoms with Crippen LogP contribution in [0, 0.1) is 0 Å². The SMILES string of the molecule is CCn1c(CCCc2cccc(-c3ccc(CC(=O)OC)c(OCc4ccccc4)c3)c2)nn(Cc2ccc(C(C)(C)C)cc2)c1=O. The number of benzene rings is 4. The minimum atomic E-state index is -0.308. The van der Waals surface area contributed by atoms with Crippen LogP contribution in [-0.4, -0.2) is 27.4 Å². The summed E-state index contributed by atoms with van der Waals surface area (Å²) < 4.78 is 14.5. The van der Waals surface area contributed by atoms with E-state index >= 15 is 0 Å². The van der Waals surface area contributed by atoms with Gasteiger partial charge in [0.25, 0.3) is 0 Å². The van der Waals surface area contributed by atoms with Crippen molar-refractivity contribution in [2.75, 3.05) is 7.11 Å². The Labute approximate surface area is 277 Å². The number of carbonyl (C=O) groups is 1. The first kappa shape index (κ1) is 33.5. The first-order chi connectivity index (χ1) is 22.6. The van der Waals surface area contributed by atoms with Crippen LogP contribution in [0.5, 0.6) is 5.75 Å². The second-order valence-electron chi connectivity index (χ2n) is 13.0. The van der Waals surface area contributed by atoms with Gasteiger partial charge in [0.2, 0.25) is 0 Å². The third kappa shape index (κ3) is 8.67. The van der Waals surface area contributed by atoms with Crippen molar-refractivity contribution in [3.8, 4) is 16.9 Å². The van der Waals surface area contributed by atoms with Crippen LogP contribution in [0.3, 0.4) is 0 Å². The largest absolute Gasteiger partial charge is 0.489 e. The number of ether oxygens (including phenoxy) is 2. The third-order valence-corrected chi connectivity index (χ3v) is 8.46. The number of rotatable bonds is 13. The molecule has 5 rings (SSSR count). The van der Waals surface area contributed by atoms with Gasteiger partial charge >= 0.3 is 11.7 Å². The highest BCUT2D eigenvalue weighted by molar-refractivity contribution is 5.75. The number of aryl methyl sites for hydroxylation is 2. The van der Waals surface area contributed by atoms with Crippen molar-refractivity contribution in [2.45, 2.75) is 78.5 Å². The number of hydrogen-bond donors (Lipinski definition) is 0. The van der Waals surface area contributed by atoms with Gasteiger partial charge in [0, 0.05) is 18.5 Å². The standard InChI is InChI=1S/C40H45N3O4/c1-6-42-37(41-43(39(42)45)27-30-18-22-35(23-19-30)40(2,3)4)17-11-15-29-14-10-16-32(24-29)33-20-21-34(26-38(44)46-5)36(25-33)47-28-31-12-8-7-9-13-31/h7-10,12-14,16,18-25H,6,11,15,17,26-28H2,1-5H3. The normalized spacial score (nSPS) is 11.4. The molecule has 0 aliphatic heterocycles. The lowest BCUT2D eigenvalue weighted by atomic mass is 9.87. The van der Waals surface area contributed by atoms with E-state index in [2.05, 4.69) is 69.3 Å². The molecule has 0 spiro atoms. The highest BCUT2D eigenvalue weighted by Gasteiger charge is 2.16. The third-order valence-electron chi connectivity index (χ3n) is 8.46. The molecule has 0 radical (unpaired) electrons. The van der Waals surface area contributed by atoms with E-state index in [4.69, 9.17) is 14.6 Å². The fourth-order valence-electron chi connectivity index (χ4n) is 5.71. The van der Waals surface area contributed by atoms with Crippen LogP contribution in [-0.2, 0) is 53.9 Å². The molecule has 0 fully saturated rings. The van der Waals surface area contributed by atoms with E-state index in [9.17, 15) is 9.59 Å².